The van der Waals surface area contributed by atoms with E-state index in [1.54, 1.807) is 23.6 Å². The molecule has 0 unspecified atom stereocenters. The second-order valence-electron chi connectivity index (χ2n) is 8.27. The summed E-state index contributed by atoms with van der Waals surface area (Å²) in [5.74, 6) is -1.01. The van der Waals surface area contributed by atoms with E-state index < -0.39 is 5.97 Å². The second kappa shape index (κ2) is 9.27. The van der Waals surface area contributed by atoms with Crippen LogP contribution in [0.2, 0.25) is 0 Å². The van der Waals surface area contributed by atoms with Gasteiger partial charge in [-0.15, -0.1) is 0 Å². The summed E-state index contributed by atoms with van der Waals surface area (Å²) >= 11 is 0. The molecule has 4 aromatic rings. The number of benzene rings is 3. The topological polar surface area (TPSA) is 95.0 Å². The van der Waals surface area contributed by atoms with Gasteiger partial charge >= 0.3 is 5.97 Å². The van der Waals surface area contributed by atoms with Gasteiger partial charge in [-0.1, -0.05) is 37.3 Å². The molecule has 3 N–H and O–H groups in total. The number of aliphatic carboxylic acids is 1. The quantitative estimate of drug-likeness (QED) is 0.236. The van der Waals surface area contributed by atoms with Crippen LogP contribution in [0.1, 0.15) is 35.6 Å². The minimum absolute atomic E-state index is 0.0584. The van der Waals surface area contributed by atoms with E-state index in [4.69, 9.17) is 0 Å². The number of carbonyl (C=O) groups is 1. The fourth-order valence-electron chi connectivity index (χ4n) is 4.11. The highest BCUT2D eigenvalue weighted by Crippen LogP contribution is 2.35. The van der Waals surface area contributed by atoms with Crippen LogP contribution in [-0.4, -0.2) is 32.1 Å². The summed E-state index contributed by atoms with van der Waals surface area (Å²) in [6.07, 6.45) is 3.44. The molecule has 172 valence electrons. The van der Waals surface area contributed by atoms with Crippen molar-refractivity contribution in [2.24, 2.45) is 4.99 Å². The fraction of sp³-hybridized carbons (Fsp3) is 0.143. The molecule has 0 bridgehead atoms. The highest BCUT2D eigenvalue weighted by molar-refractivity contribution is 6.04. The Morgan fingerprint density at radius 2 is 1.71 bits per heavy atom. The van der Waals surface area contributed by atoms with E-state index in [-0.39, 0.29) is 17.2 Å². The Kier molecular flexibility index (Phi) is 6.23. The van der Waals surface area contributed by atoms with Gasteiger partial charge in [-0.2, -0.15) is 0 Å². The first-order valence-corrected chi connectivity index (χ1v) is 11.0. The Morgan fingerprint density at radius 3 is 2.35 bits per heavy atom. The zero-order valence-electron chi connectivity index (χ0n) is 19.3. The van der Waals surface area contributed by atoms with Crippen LogP contribution >= 0.6 is 0 Å². The molecule has 0 amide bonds. The highest BCUT2D eigenvalue weighted by Gasteiger charge is 2.17. The van der Waals surface area contributed by atoms with Crippen LogP contribution in [0.15, 0.2) is 71.2 Å². The van der Waals surface area contributed by atoms with Gasteiger partial charge in [-0.25, -0.2) is 4.79 Å². The number of nitrogens with zero attached hydrogens (tertiary/aromatic N) is 2. The number of aliphatic imine (C=N–C) groups is 1. The average Bonchev–Trinajstić information content (AvgIpc) is 3.07. The van der Waals surface area contributed by atoms with Gasteiger partial charge in [-0.3, -0.25) is 9.56 Å². The number of rotatable bonds is 6. The third-order valence-corrected chi connectivity index (χ3v) is 5.68. The molecule has 0 aliphatic heterocycles. The minimum atomic E-state index is -0.986. The van der Waals surface area contributed by atoms with Crippen LogP contribution in [0.3, 0.4) is 0 Å². The molecule has 1 aromatic heterocycles. The van der Waals surface area contributed by atoms with Crippen LogP contribution in [0.5, 0.6) is 11.6 Å². The number of aromatic nitrogens is 1. The average molecular weight is 455 g/mol. The number of carboxylic acids is 1. The Labute approximate surface area is 197 Å². The number of phenolic OH excluding ortho intramolecular Hbond substituents is 1. The fourth-order valence-corrected chi connectivity index (χ4v) is 4.11. The van der Waals surface area contributed by atoms with Crippen LogP contribution in [0.25, 0.3) is 22.7 Å². The van der Waals surface area contributed by atoms with Crippen molar-refractivity contribution in [2.45, 2.75) is 27.2 Å². The smallest absolute Gasteiger partial charge is 0.331 e. The summed E-state index contributed by atoms with van der Waals surface area (Å²) in [6.45, 7) is 5.80. The van der Waals surface area contributed by atoms with Crippen molar-refractivity contribution in [3.05, 3.63) is 88.5 Å². The molecule has 0 spiro atoms. The number of aromatic hydroxyl groups is 2. The Bertz CT molecular complexity index is 1440. The van der Waals surface area contributed by atoms with Crippen LogP contribution in [0.4, 0.5) is 5.69 Å². The largest absolute Gasteiger partial charge is 0.506 e. The molecule has 0 saturated heterocycles. The first kappa shape index (κ1) is 22.9. The van der Waals surface area contributed by atoms with Gasteiger partial charge in [0.15, 0.2) is 0 Å². The van der Waals surface area contributed by atoms with Gasteiger partial charge in [0.05, 0.1) is 11.1 Å². The maximum Gasteiger partial charge on any atom is 0.331 e. The van der Waals surface area contributed by atoms with Gasteiger partial charge in [0, 0.05) is 22.9 Å². The third kappa shape index (κ3) is 4.43. The molecule has 6 heteroatoms. The molecule has 4 rings (SSSR count). The van der Waals surface area contributed by atoms with E-state index in [0.717, 1.165) is 27.7 Å². The molecule has 0 radical (unpaired) electrons. The first-order chi connectivity index (χ1) is 16.3. The maximum atomic E-state index is 11.2. The van der Waals surface area contributed by atoms with Crippen molar-refractivity contribution >= 4 is 34.9 Å². The van der Waals surface area contributed by atoms with Gasteiger partial charge in [0.2, 0.25) is 5.88 Å². The lowest BCUT2D eigenvalue weighted by molar-refractivity contribution is -0.132. The molecule has 6 nitrogen and oxygen atoms in total. The summed E-state index contributed by atoms with van der Waals surface area (Å²) in [7, 11) is 0. The monoisotopic (exact) mass is 454 g/mol. The summed E-state index contributed by atoms with van der Waals surface area (Å²) in [4.78, 5) is 15.7. The lowest BCUT2D eigenvalue weighted by Crippen LogP contribution is -1.98. The number of hydrogen-bond acceptors (Lipinski definition) is 4. The lowest BCUT2D eigenvalue weighted by atomic mass is 10.1. The molecule has 0 aliphatic rings. The predicted octanol–water partition coefficient (Wildman–Crippen LogP) is 6.29. The lowest BCUT2D eigenvalue weighted by Gasteiger charge is -2.09. The molecule has 0 saturated carbocycles. The van der Waals surface area contributed by atoms with E-state index >= 15 is 0 Å². The number of phenols is 1. The second-order valence-corrected chi connectivity index (χ2v) is 8.27. The number of para-hydroxylation sites is 1. The van der Waals surface area contributed by atoms with Crippen LogP contribution < -0.4 is 0 Å². The normalized spacial score (nSPS) is 12.0. The van der Waals surface area contributed by atoms with Gasteiger partial charge in [0.25, 0.3) is 0 Å². The van der Waals surface area contributed by atoms with Gasteiger partial charge in [-0.05, 0) is 73.4 Å². The predicted molar refractivity (Wildman–Crippen MR) is 136 cm³/mol. The number of aryl methyl sites for hydroxylation is 2. The molecule has 0 fully saturated rings. The van der Waals surface area contributed by atoms with E-state index in [0.29, 0.717) is 23.2 Å². The van der Waals surface area contributed by atoms with E-state index in [9.17, 15) is 20.1 Å². The van der Waals surface area contributed by atoms with E-state index in [2.05, 4.69) is 11.1 Å². The Morgan fingerprint density at radius 1 is 1.00 bits per heavy atom. The third-order valence-electron chi connectivity index (χ3n) is 5.68. The van der Waals surface area contributed by atoms with Crippen LogP contribution in [-0.2, 0) is 4.79 Å². The summed E-state index contributed by atoms with van der Waals surface area (Å²) in [5.41, 5.74) is 5.56. The van der Waals surface area contributed by atoms with E-state index in [1.807, 2.05) is 50.2 Å². The number of fused-ring (bicyclic) bond motifs is 1. The molecular weight excluding hydrogens is 428 g/mol. The Hall–Kier alpha value is -4.32. The summed E-state index contributed by atoms with van der Waals surface area (Å²) in [6, 6.07) is 18.6. The summed E-state index contributed by atoms with van der Waals surface area (Å²) in [5, 5.41) is 31.7. The molecule has 3 aromatic carbocycles. The van der Waals surface area contributed by atoms with Crippen molar-refractivity contribution < 1.29 is 20.1 Å². The number of carboxylic acid groups (broad SMARTS) is 1. The zero-order chi connectivity index (χ0) is 24.4. The molecule has 34 heavy (non-hydrogen) atoms. The van der Waals surface area contributed by atoms with Crippen molar-refractivity contribution in [3.63, 3.8) is 0 Å². The standard InChI is InChI=1S/C28H26N2O4/c1-4-20(28(33)34)14-19-9-10-24(26(31)15-19)29-16-23-22-7-5-6-8-25(22)30(27(23)32)21-12-17(2)11-18(3)13-21/h5-16,31-32H,4H2,1-3H3,(H,33,34)/b20-14+,29-16?. The molecular formula is C28H26N2O4. The van der Waals surface area contributed by atoms with Gasteiger partial charge < -0.3 is 15.3 Å². The first-order valence-electron chi connectivity index (χ1n) is 11.0. The SMILES string of the molecule is CC/C(=C\c1ccc(N=Cc2c(O)n(-c3cc(C)cc(C)c3)c3ccccc23)c(O)c1)C(=O)O. The molecule has 0 atom stereocenters. The van der Waals surface area contributed by atoms with Gasteiger partial charge in [0.1, 0.15) is 11.4 Å². The van der Waals surface area contributed by atoms with E-state index in [1.165, 1.54) is 18.4 Å². The summed E-state index contributed by atoms with van der Waals surface area (Å²) < 4.78 is 1.79. The van der Waals surface area contributed by atoms with Crippen molar-refractivity contribution in [1.82, 2.24) is 4.57 Å². The maximum absolute atomic E-state index is 11.2. The van der Waals surface area contributed by atoms with Crippen molar-refractivity contribution in [3.8, 4) is 17.3 Å². The Balaban J connectivity index is 1.77. The molecule has 1 heterocycles. The van der Waals surface area contributed by atoms with Crippen molar-refractivity contribution in [2.75, 3.05) is 0 Å². The minimum Gasteiger partial charge on any atom is -0.506 e. The molecule has 0 aliphatic carbocycles. The van der Waals surface area contributed by atoms with Crippen molar-refractivity contribution in [1.29, 1.82) is 0 Å². The van der Waals surface area contributed by atoms with Crippen LogP contribution in [0, 0.1) is 13.8 Å². The number of hydrogen-bond donors (Lipinski definition) is 3. The highest BCUT2D eigenvalue weighted by atomic mass is 16.4. The zero-order valence-corrected chi connectivity index (χ0v) is 19.3.